The number of thiophene rings is 1. The predicted octanol–water partition coefficient (Wildman–Crippen LogP) is 0.745. The highest BCUT2D eigenvalue weighted by atomic mass is 32.1. The molecule has 20 heavy (non-hydrogen) atoms. The van der Waals surface area contributed by atoms with Gasteiger partial charge in [-0.3, -0.25) is 9.69 Å². The molecule has 8 heteroatoms. The van der Waals surface area contributed by atoms with Crippen molar-refractivity contribution in [1.29, 1.82) is 0 Å². The summed E-state index contributed by atoms with van der Waals surface area (Å²) in [4.78, 5) is 22.7. The van der Waals surface area contributed by atoms with Gasteiger partial charge in [0.1, 0.15) is 10.5 Å². The van der Waals surface area contributed by atoms with Crippen LogP contribution in [0, 0.1) is 0 Å². The first-order chi connectivity index (χ1) is 9.61. The Labute approximate surface area is 118 Å². The molecular weight excluding hydrogens is 276 g/mol. The van der Waals surface area contributed by atoms with E-state index in [9.17, 15) is 4.79 Å². The third kappa shape index (κ3) is 2.61. The van der Waals surface area contributed by atoms with Crippen LogP contribution in [0.4, 0.5) is 0 Å². The lowest BCUT2D eigenvalue weighted by molar-refractivity contribution is 0.306. The zero-order valence-electron chi connectivity index (χ0n) is 11.2. The minimum absolute atomic E-state index is 0.0760. The maximum atomic E-state index is 11.9. The average Bonchev–Trinajstić information content (AvgIpc) is 2.98. The van der Waals surface area contributed by atoms with Gasteiger partial charge in [-0.15, -0.1) is 11.3 Å². The highest BCUT2D eigenvalue weighted by Crippen LogP contribution is 2.14. The van der Waals surface area contributed by atoms with E-state index in [1.54, 1.807) is 13.2 Å². The Kier molecular flexibility index (Phi) is 3.33. The molecule has 0 saturated heterocycles. The summed E-state index contributed by atoms with van der Waals surface area (Å²) in [5, 5.41) is 10.1. The first-order valence-electron chi connectivity index (χ1n) is 6.12. The summed E-state index contributed by atoms with van der Waals surface area (Å²) < 4.78 is 0.672. The third-order valence-corrected chi connectivity index (χ3v) is 3.76. The molecule has 0 radical (unpaired) electrons. The van der Waals surface area contributed by atoms with Crippen molar-refractivity contribution in [2.45, 2.75) is 13.1 Å². The van der Waals surface area contributed by atoms with Gasteiger partial charge in [0, 0.05) is 13.6 Å². The Morgan fingerprint density at radius 1 is 1.45 bits per heavy atom. The molecule has 0 aliphatic rings. The highest BCUT2D eigenvalue weighted by Gasteiger charge is 2.09. The Hall–Kier alpha value is -2.06. The number of hydrogen-bond acceptors (Lipinski definition) is 6. The molecule has 0 fully saturated rings. The second-order valence-electron chi connectivity index (χ2n) is 4.65. The van der Waals surface area contributed by atoms with Crippen LogP contribution >= 0.6 is 11.3 Å². The molecule has 3 aromatic heterocycles. The molecule has 0 saturated carbocycles. The van der Waals surface area contributed by atoms with Crippen LogP contribution in [0.2, 0.25) is 0 Å². The van der Waals surface area contributed by atoms with E-state index in [0.29, 0.717) is 23.6 Å². The highest BCUT2D eigenvalue weighted by molar-refractivity contribution is 7.17. The van der Waals surface area contributed by atoms with Gasteiger partial charge in [-0.2, -0.15) is 15.0 Å². The normalized spacial score (nSPS) is 11.6. The first kappa shape index (κ1) is 12.9. The summed E-state index contributed by atoms with van der Waals surface area (Å²) in [5.41, 5.74) is 1.56. The molecule has 0 spiro atoms. The fraction of sp³-hybridized carbons (Fsp3) is 0.333. The molecule has 0 amide bonds. The summed E-state index contributed by atoms with van der Waals surface area (Å²) >= 11 is 1.41. The third-order valence-electron chi connectivity index (χ3n) is 2.86. The van der Waals surface area contributed by atoms with Gasteiger partial charge >= 0.3 is 0 Å². The molecule has 104 valence electrons. The molecule has 0 atom stereocenters. The van der Waals surface area contributed by atoms with Crippen molar-refractivity contribution in [1.82, 2.24) is 29.9 Å². The number of aromatic amines is 1. The van der Waals surface area contributed by atoms with Crippen LogP contribution < -0.4 is 5.56 Å². The van der Waals surface area contributed by atoms with Crippen molar-refractivity contribution < 1.29 is 0 Å². The number of nitrogens with one attached hydrogen (secondary N) is 1. The van der Waals surface area contributed by atoms with Gasteiger partial charge in [-0.05, 0) is 18.5 Å². The SMILES string of the molecule is CN(Cc1cnn(C)n1)Cc1nc2ccsc2c(=O)[nH]1. The lowest BCUT2D eigenvalue weighted by atomic mass is 10.4. The number of fused-ring (bicyclic) bond motifs is 1. The second-order valence-corrected chi connectivity index (χ2v) is 5.56. The van der Waals surface area contributed by atoms with Crippen LogP contribution in [-0.4, -0.2) is 36.9 Å². The lowest BCUT2D eigenvalue weighted by Crippen LogP contribution is -2.21. The maximum Gasteiger partial charge on any atom is 0.268 e. The van der Waals surface area contributed by atoms with E-state index in [4.69, 9.17) is 0 Å². The Morgan fingerprint density at radius 2 is 2.30 bits per heavy atom. The maximum absolute atomic E-state index is 11.9. The second kappa shape index (κ2) is 5.14. The summed E-state index contributed by atoms with van der Waals surface area (Å²) in [7, 11) is 3.74. The summed E-state index contributed by atoms with van der Waals surface area (Å²) in [6.45, 7) is 1.21. The van der Waals surface area contributed by atoms with Gasteiger partial charge < -0.3 is 4.98 Å². The van der Waals surface area contributed by atoms with Crippen molar-refractivity contribution in [3.8, 4) is 0 Å². The van der Waals surface area contributed by atoms with E-state index >= 15 is 0 Å². The minimum Gasteiger partial charge on any atom is -0.308 e. The van der Waals surface area contributed by atoms with Crippen molar-refractivity contribution in [2.24, 2.45) is 7.05 Å². The first-order valence-corrected chi connectivity index (χ1v) is 7.00. The topological polar surface area (TPSA) is 79.7 Å². The number of nitrogens with zero attached hydrogens (tertiary/aromatic N) is 5. The van der Waals surface area contributed by atoms with E-state index in [2.05, 4.69) is 20.2 Å². The number of H-pyrrole nitrogens is 1. The van der Waals surface area contributed by atoms with Crippen LogP contribution in [0.15, 0.2) is 22.4 Å². The van der Waals surface area contributed by atoms with Crippen molar-refractivity contribution in [2.75, 3.05) is 7.05 Å². The Bertz CT molecular complexity index is 788. The molecule has 3 heterocycles. The van der Waals surface area contributed by atoms with Gasteiger partial charge in [0.05, 0.1) is 24.0 Å². The van der Waals surface area contributed by atoms with Gasteiger partial charge in [0.15, 0.2) is 0 Å². The summed E-state index contributed by atoms with van der Waals surface area (Å²) in [5.74, 6) is 0.660. The van der Waals surface area contributed by atoms with Crippen LogP contribution in [0.1, 0.15) is 11.5 Å². The van der Waals surface area contributed by atoms with Gasteiger partial charge in [-0.25, -0.2) is 4.98 Å². The number of rotatable bonds is 4. The van der Waals surface area contributed by atoms with Crippen LogP contribution in [0.5, 0.6) is 0 Å². The van der Waals surface area contributed by atoms with E-state index in [-0.39, 0.29) is 5.56 Å². The monoisotopic (exact) mass is 290 g/mol. The van der Waals surface area contributed by atoms with Crippen LogP contribution in [0.25, 0.3) is 10.2 Å². The zero-order chi connectivity index (χ0) is 14.1. The van der Waals surface area contributed by atoms with Gasteiger partial charge in [0.25, 0.3) is 5.56 Å². The fourth-order valence-electron chi connectivity index (χ4n) is 2.04. The minimum atomic E-state index is -0.0760. The van der Waals surface area contributed by atoms with Crippen molar-refractivity contribution >= 4 is 21.6 Å². The smallest absolute Gasteiger partial charge is 0.268 e. The molecular formula is C12H14N6OS. The van der Waals surface area contributed by atoms with E-state index in [1.807, 2.05) is 23.4 Å². The number of aromatic nitrogens is 5. The molecule has 0 bridgehead atoms. The largest absolute Gasteiger partial charge is 0.308 e. The molecule has 0 aromatic carbocycles. The van der Waals surface area contributed by atoms with Crippen molar-refractivity contribution in [3.63, 3.8) is 0 Å². The molecule has 1 N–H and O–H groups in total. The number of hydrogen-bond donors (Lipinski definition) is 1. The summed E-state index contributed by atoms with van der Waals surface area (Å²) in [6.07, 6.45) is 1.73. The zero-order valence-corrected chi connectivity index (χ0v) is 12.0. The summed E-state index contributed by atoms with van der Waals surface area (Å²) in [6, 6.07) is 1.86. The van der Waals surface area contributed by atoms with E-state index < -0.39 is 0 Å². The average molecular weight is 290 g/mol. The van der Waals surface area contributed by atoms with E-state index in [0.717, 1.165) is 11.2 Å². The van der Waals surface area contributed by atoms with Gasteiger partial charge in [-0.1, -0.05) is 0 Å². The quantitative estimate of drug-likeness (QED) is 0.767. The number of aryl methyl sites for hydroxylation is 1. The molecule has 7 nitrogen and oxygen atoms in total. The van der Waals surface area contributed by atoms with E-state index in [1.165, 1.54) is 16.1 Å². The molecule has 0 aliphatic heterocycles. The molecule has 0 aliphatic carbocycles. The van der Waals surface area contributed by atoms with Crippen LogP contribution in [0.3, 0.4) is 0 Å². The fourth-order valence-corrected chi connectivity index (χ4v) is 2.77. The Morgan fingerprint density at radius 3 is 3.05 bits per heavy atom. The lowest BCUT2D eigenvalue weighted by Gasteiger charge is -2.13. The van der Waals surface area contributed by atoms with Crippen molar-refractivity contribution in [3.05, 3.63) is 39.5 Å². The standard InChI is InChI=1S/C12H14N6OS/c1-17(6-8-5-13-18(2)16-8)7-10-14-9-3-4-20-11(9)12(19)15-10/h3-5H,6-7H2,1-2H3,(H,14,15,19). The predicted molar refractivity (Wildman–Crippen MR) is 76.4 cm³/mol. The van der Waals surface area contributed by atoms with Gasteiger partial charge in [0.2, 0.25) is 0 Å². The molecule has 0 unspecified atom stereocenters. The Balaban J connectivity index is 1.76. The molecule has 3 aromatic rings. The van der Waals surface area contributed by atoms with Crippen LogP contribution in [-0.2, 0) is 20.1 Å². The molecule has 3 rings (SSSR count).